The van der Waals surface area contributed by atoms with E-state index in [1.165, 1.54) is 12.5 Å². The minimum Gasteiger partial charge on any atom is -0.469 e. The standard InChI is InChI=1S/C16H20N4O4S/c1-10-15(8-17-18-16(21)14-4-6-24-12(14)3)11(2)20(19-10)13-5-7-25(22,23)9-13/h4,6,8,13H,5,7,9H2,1-3H3,(H,18,21)/b17-8-/t13-/m0/s1. The van der Waals surface area contributed by atoms with Gasteiger partial charge in [0.2, 0.25) is 0 Å². The number of aromatic nitrogens is 2. The zero-order valence-corrected chi connectivity index (χ0v) is 15.1. The Morgan fingerprint density at radius 2 is 2.20 bits per heavy atom. The fourth-order valence-corrected chi connectivity index (χ4v) is 4.71. The molecule has 0 saturated carbocycles. The minimum atomic E-state index is -2.98. The molecular formula is C16H20N4O4S. The van der Waals surface area contributed by atoms with Crippen molar-refractivity contribution in [2.24, 2.45) is 5.10 Å². The van der Waals surface area contributed by atoms with Gasteiger partial charge in [-0.3, -0.25) is 9.48 Å². The van der Waals surface area contributed by atoms with Crippen molar-refractivity contribution in [2.45, 2.75) is 33.2 Å². The molecule has 1 aliphatic heterocycles. The van der Waals surface area contributed by atoms with Crippen LogP contribution in [0.3, 0.4) is 0 Å². The molecule has 9 heteroatoms. The van der Waals surface area contributed by atoms with Crippen LogP contribution in [-0.4, -0.2) is 41.8 Å². The van der Waals surface area contributed by atoms with Crippen LogP contribution in [0, 0.1) is 20.8 Å². The monoisotopic (exact) mass is 364 g/mol. The van der Waals surface area contributed by atoms with Gasteiger partial charge in [0.05, 0.1) is 41.3 Å². The molecule has 0 radical (unpaired) electrons. The Morgan fingerprint density at radius 3 is 2.80 bits per heavy atom. The van der Waals surface area contributed by atoms with Crippen molar-refractivity contribution in [3.63, 3.8) is 0 Å². The summed E-state index contributed by atoms with van der Waals surface area (Å²) in [6.45, 7) is 5.40. The summed E-state index contributed by atoms with van der Waals surface area (Å²) in [5.74, 6) is 0.476. The van der Waals surface area contributed by atoms with Crippen molar-refractivity contribution in [2.75, 3.05) is 11.5 Å². The van der Waals surface area contributed by atoms with Crippen LogP contribution in [0.1, 0.15) is 45.5 Å². The largest absolute Gasteiger partial charge is 0.469 e. The highest BCUT2D eigenvalue weighted by Gasteiger charge is 2.31. The van der Waals surface area contributed by atoms with Crippen LogP contribution in [0.25, 0.3) is 0 Å². The maximum atomic E-state index is 12.0. The lowest BCUT2D eigenvalue weighted by atomic mass is 10.2. The van der Waals surface area contributed by atoms with Crippen LogP contribution in [-0.2, 0) is 9.84 Å². The van der Waals surface area contributed by atoms with Crippen LogP contribution in [0.5, 0.6) is 0 Å². The summed E-state index contributed by atoms with van der Waals surface area (Å²) in [6.07, 6.45) is 3.55. The first-order chi connectivity index (χ1) is 11.8. The zero-order valence-electron chi connectivity index (χ0n) is 14.3. The maximum Gasteiger partial charge on any atom is 0.274 e. The Balaban J connectivity index is 1.75. The predicted molar refractivity (Wildman–Crippen MR) is 92.5 cm³/mol. The summed E-state index contributed by atoms with van der Waals surface area (Å²) in [6, 6.07) is 1.43. The molecule has 1 atom stereocenters. The third-order valence-corrected chi connectivity index (χ3v) is 6.15. The number of carbonyl (C=O) groups excluding carboxylic acids is 1. The zero-order chi connectivity index (χ0) is 18.2. The van der Waals surface area contributed by atoms with Crippen molar-refractivity contribution in [1.82, 2.24) is 15.2 Å². The third kappa shape index (κ3) is 3.51. The van der Waals surface area contributed by atoms with Gasteiger partial charge in [0.15, 0.2) is 9.84 Å². The molecular weight excluding hydrogens is 344 g/mol. The summed E-state index contributed by atoms with van der Waals surface area (Å²) in [5, 5.41) is 8.44. The number of sulfone groups is 1. The number of amides is 1. The Kier molecular flexibility index (Phi) is 4.51. The average molecular weight is 364 g/mol. The van der Waals surface area contributed by atoms with Crippen molar-refractivity contribution < 1.29 is 17.6 Å². The van der Waals surface area contributed by atoms with Gasteiger partial charge in [-0.1, -0.05) is 0 Å². The van der Waals surface area contributed by atoms with Crippen molar-refractivity contribution in [3.05, 3.63) is 40.6 Å². The molecule has 8 nitrogen and oxygen atoms in total. The fraction of sp³-hybridized carbons (Fsp3) is 0.438. The minimum absolute atomic E-state index is 0.113. The van der Waals surface area contributed by atoms with Crippen molar-refractivity contribution in [1.29, 1.82) is 0 Å². The number of furan rings is 1. The highest BCUT2D eigenvalue weighted by molar-refractivity contribution is 7.91. The average Bonchev–Trinajstić information content (AvgIpc) is 3.20. The Morgan fingerprint density at radius 1 is 1.44 bits per heavy atom. The Bertz CT molecular complexity index is 939. The number of rotatable bonds is 4. The number of hydrogen-bond acceptors (Lipinski definition) is 6. The van der Waals surface area contributed by atoms with Gasteiger partial charge in [0.1, 0.15) is 5.76 Å². The molecule has 0 unspecified atom stereocenters. The lowest BCUT2D eigenvalue weighted by Gasteiger charge is -2.10. The smallest absolute Gasteiger partial charge is 0.274 e. The number of nitrogens with one attached hydrogen (secondary N) is 1. The van der Waals surface area contributed by atoms with E-state index in [4.69, 9.17) is 4.42 Å². The van der Waals surface area contributed by atoms with E-state index in [2.05, 4.69) is 15.6 Å². The Labute approximate surface area is 145 Å². The third-order valence-electron chi connectivity index (χ3n) is 4.40. The topological polar surface area (TPSA) is 107 Å². The predicted octanol–water partition coefficient (Wildman–Crippen LogP) is 1.52. The molecule has 1 saturated heterocycles. The first-order valence-corrected chi connectivity index (χ1v) is 9.74. The van der Waals surface area contributed by atoms with E-state index in [0.29, 0.717) is 17.7 Å². The molecule has 3 rings (SSSR count). The molecule has 1 fully saturated rings. The molecule has 0 bridgehead atoms. The van der Waals surface area contributed by atoms with E-state index >= 15 is 0 Å². The summed E-state index contributed by atoms with van der Waals surface area (Å²) in [7, 11) is -2.98. The summed E-state index contributed by atoms with van der Waals surface area (Å²) >= 11 is 0. The molecule has 0 spiro atoms. The number of aryl methyl sites for hydroxylation is 2. The van der Waals surface area contributed by atoms with Crippen LogP contribution in [0.15, 0.2) is 21.8 Å². The quantitative estimate of drug-likeness (QED) is 0.654. The van der Waals surface area contributed by atoms with Gasteiger partial charge in [-0.2, -0.15) is 10.2 Å². The molecule has 1 amide bonds. The lowest BCUT2D eigenvalue weighted by molar-refractivity contribution is 0.0953. The van der Waals surface area contributed by atoms with Crippen molar-refractivity contribution >= 4 is 22.0 Å². The second kappa shape index (κ2) is 6.47. The molecule has 0 aliphatic carbocycles. The van der Waals surface area contributed by atoms with Crippen LogP contribution in [0.2, 0.25) is 0 Å². The van der Waals surface area contributed by atoms with E-state index in [-0.39, 0.29) is 23.5 Å². The highest BCUT2D eigenvalue weighted by Crippen LogP contribution is 2.26. The van der Waals surface area contributed by atoms with Crippen molar-refractivity contribution in [3.8, 4) is 0 Å². The maximum absolute atomic E-state index is 12.0. The van der Waals surface area contributed by atoms with Gasteiger partial charge < -0.3 is 4.42 Å². The first kappa shape index (κ1) is 17.4. The molecule has 25 heavy (non-hydrogen) atoms. The molecule has 134 valence electrons. The van der Waals surface area contributed by atoms with Crippen LogP contribution in [0.4, 0.5) is 0 Å². The number of hydrogen-bond donors (Lipinski definition) is 1. The number of nitrogens with zero attached hydrogens (tertiary/aromatic N) is 3. The SMILES string of the molecule is Cc1nn([C@H]2CCS(=O)(=O)C2)c(C)c1/C=N\NC(=O)c1ccoc1C. The second-order valence-corrected chi connectivity index (χ2v) is 8.40. The second-order valence-electron chi connectivity index (χ2n) is 6.18. The van der Waals surface area contributed by atoms with E-state index in [1.807, 2.05) is 13.8 Å². The molecule has 3 heterocycles. The highest BCUT2D eigenvalue weighted by atomic mass is 32.2. The van der Waals surface area contributed by atoms with Gasteiger partial charge >= 0.3 is 0 Å². The van der Waals surface area contributed by atoms with E-state index < -0.39 is 9.84 Å². The van der Waals surface area contributed by atoms with Crippen LogP contribution < -0.4 is 5.43 Å². The van der Waals surface area contributed by atoms with Gasteiger partial charge in [0.25, 0.3) is 5.91 Å². The van der Waals surface area contributed by atoms with Gasteiger partial charge in [-0.15, -0.1) is 0 Å². The summed E-state index contributed by atoms with van der Waals surface area (Å²) in [5.41, 5.74) is 5.22. The van der Waals surface area contributed by atoms with E-state index in [1.54, 1.807) is 17.7 Å². The number of carbonyl (C=O) groups is 1. The fourth-order valence-electron chi connectivity index (χ4n) is 3.02. The van der Waals surface area contributed by atoms with E-state index in [9.17, 15) is 13.2 Å². The van der Waals surface area contributed by atoms with E-state index in [0.717, 1.165) is 17.0 Å². The molecule has 1 N–H and O–H groups in total. The molecule has 2 aromatic heterocycles. The Hall–Kier alpha value is -2.42. The molecule has 1 aliphatic rings. The molecule has 2 aromatic rings. The van der Waals surface area contributed by atoms with Gasteiger partial charge in [-0.05, 0) is 33.3 Å². The normalized spacial score (nSPS) is 19.6. The molecule has 0 aromatic carbocycles. The summed E-state index contributed by atoms with van der Waals surface area (Å²) < 4.78 is 30.2. The summed E-state index contributed by atoms with van der Waals surface area (Å²) in [4.78, 5) is 12.0. The van der Waals surface area contributed by atoms with Gasteiger partial charge in [0, 0.05) is 11.3 Å². The number of hydrazone groups is 1. The lowest BCUT2D eigenvalue weighted by Crippen LogP contribution is -2.18. The van der Waals surface area contributed by atoms with Gasteiger partial charge in [-0.25, -0.2) is 13.8 Å². The van der Waals surface area contributed by atoms with Crippen LogP contribution >= 0.6 is 0 Å². The first-order valence-electron chi connectivity index (χ1n) is 7.92.